The summed E-state index contributed by atoms with van der Waals surface area (Å²) in [5.74, 6) is -0.203. The van der Waals surface area contributed by atoms with E-state index in [-0.39, 0.29) is 17.2 Å². The minimum absolute atomic E-state index is 0.195. The fourth-order valence-corrected chi connectivity index (χ4v) is 4.25. The number of carbonyl (C=O) groups is 2. The molecule has 0 spiro atoms. The van der Waals surface area contributed by atoms with Crippen LogP contribution in [0.1, 0.15) is 15.9 Å². The molecule has 4 rings (SSSR count). The average molecular weight is 572 g/mol. The summed E-state index contributed by atoms with van der Waals surface area (Å²) in [4.78, 5) is 24.5. The number of hydrogen-bond donors (Lipinski definition) is 1. The van der Waals surface area contributed by atoms with Crippen molar-refractivity contribution in [3.05, 3.63) is 105 Å². The molecule has 0 aromatic heterocycles. The van der Waals surface area contributed by atoms with Crippen molar-refractivity contribution in [1.82, 2.24) is 5.43 Å². The first-order valence-electron chi connectivity index (χ1n) is 10.3. The van der Waals surface area contributed by atoms with Crippen LogP contribution in [0.15, 0.2) is 88.4 Å². The molecule has 0 aliphatic carbocycles. The summed E-state index contributed by atoms with van der Waals surface area (Å²) in [6, 6.07) is 22.7. The van der Waals surface area contributed by atoms with Crippen molar-refractivity contribution in [3.8, 4) is 11.5 Å². The monoisotopic (exact) mass is 570 g/mol. The van der Waals surface area contributed by atoms with Crippen molar-refractivity contribution in [2.45, 2.75) is 0 Å². The molecule has 0 saturated heterocycles. The Hall–Kier alpha value is -3.39. The molecule has 1 amide bonds. The fourth-order valence-electron chi connectivity index (χ4n) is 3.15. The molecule has 0 heterocycles. The molecule has 4 aromatic carbocycles. The molecule has 0 fully saturated rings. The predicted molar refractivity (Wildman–Crippen MR) is 141 cm³/mol. The van der Waals surface area contributed by atoms with Crippen molar-refractivity contribution >= 4 is 68.0 Å². The van der Waals surface area contributed by atoms with Crippen LogP contribution in [0.25, 0.3) is 10.8 Å². The minimum Gasteiger partial charge on any atom is -0.483 e. The minimum atomic E-state index is -0.619. The van der Waals surface area contributed by atoms with Gasteiger partial charge in [0.05, 0.1) is 21.3 Å². The van der Waals surface area contributed by atoms with E-state index in [1.807, 2.05) is 30.3 Å². The Kier molecular flexibility index (Phi) is 8.02. The molecule has 0 bridgehead atoms. The molecular weight excluding hydrogens is 555 g/mol. The SMILES string of the molecule is O=C(COc1ccc2ccccc2c1Br)N/N=C/c1cccc(OC(=O)c2ccc(Cl)cc2Cl)c1. The highest BCUT2D eigenvalue weighted by molar-refractivity contribution is 9.10. The number of ether oxygens (including phenoxy) is 2. The van der Waals surface area contributed by atoms with E-state index in [9.17, 15) is 9.59 Å². The Morgan fingerprint density at radius 2 is 1.80 bits per heavy atom. The average Bonchev–Trinajstić information content (AvgIpc) is 2.84. The van der Waals surface area contributed by atoms with E-state index < -0.39 is 11.9 Å². The summed E-state index contributed by atoms with van der Waals surface area (Å²) < 4.78 is 11.8. The second-order valence-corrected chi connectivity index (χ2v) is 8.90. The quantitative estimate of drug-likeness (QED) is 0.116. The number of rotatable bonds is 7. The third-order valence-corrected chi connectivity index (χ3v) is 6.17. The van der Waals surface area contributed by atoms with Crippen LogP contribution in [-0.2, 0) is 4.79 Å². The van der Waals surface area contributed by atoms with E-state index in [4.69, 9.17) is 32.7 Å². The standard InChI is InChI=1S/C26H17BrCl2N2O4/c27-25-20-7-2-1-5-17(20)8-11-23(25)34-15-24(32)31-30-14-16-4-3-6-19(12-16)35-26(33)21-10-9-18(28)13-22(21)29/h1-14H,15H2,(H,31,32)/b30-14+. The van der Waals surface area contributed by atoms with Gasteiger partial charge in [-0.1, -0.05) is 65.7 Å². The van der Waals surface area contributed by atoms with E-state index >= 15 is 0 Å². The number of nitrogens with one attached hydrogen (secondary N) is 1. The zero-order valence-corrected chi connectivity index (χ0v) is 21.1. The van der Waals surface area contributed by atoms with Crippen LogP contribution in [0.3, 0.4) is 0 Å². The molecule has 0 radical (unpaired) electrons. The number of halogens is 3. The van der Waals surface area contributed by atoms with Gasteiger partial charge >= 0.3 is 5.97 Å². The van der Waals surface area contributed by atoms with Gasteiger partial charge in [-0.15, -0.1) is 0 Å². The van der Waals surface area contributed by atoms with Crippen molar-refractivity contribution in [2.24, 2.45) is 5.10 Å². The van der Waals surface area contributed by atoms with Crippen LogP contribution in [0.4, 0.5) is 0 Å². The Bertz CT molecular complexity index is 1440. The normalized spacial score (nSPS) is 10.9. The van der Waals surface area contributed by atoms with Gasteiger partial charge in [0.1, 0.15) is 11.5 Å². The van der Waals surface area contributed by atoms with Gasteiger partial charge in [0, 0.05) is 5.02 Å². The van der Waals surface area contributed by atoms with E-state index in [1.165, 1.54) is 18.3 Å². The molecule has 4 aromatic rings. The number of esters is 1. The lowest BCUT2D eigenvalue weighted by molar-refractivity contribution is -0.123. The number of hydrogen-bond acceptors (Lipinski definition) is 5. The van der Waals surface area contributed by atoms with Gasteiger partial charge < -0.3 is 9.47 Å². The molecule has 0 atom stereocenters. The van der Waals surface area contributed by atoms with Gasteiger partial charge in [-0.2, -0.15) is 5.10 Å². The van der Waals surface area contributed by atoms with Gasteiger partial charge in [-0.25, -0.2) is 10.2 Å². The van der Waals surface area contributed by atoms with Crippen molar-refractivity contribution < 1.29 is 19.1 Å². The Morgan fingerprint density at radius 1 is 0.971 bits per heavy atom. The summed E-state index contributed by atoms with van der Waals surface area (Å²) in [7, 11) is 0. The first-order chi connectivity index (χ1) is 16.9. The zero-order chi connectivity index (χ0) is 24.8. The highest BCUT2D eigenvalue weighted by Crippen LogP contribution is 2.33. The van der Waals surface area contributed by atoms with Gasteiger partial charge in [0.2, 0.25) is 0 Å². The number of carbonyl (C=O) groups excluding carboxylic acids is 2. The van der Waals surface area contributed by atoms with Gasteiger partial charge in [-0.3, -0.25) is 4.79 Å². The third kappa shape index (κ3) is 6.39. The lowest BCUT2D eigenvalue weighted by Gasteiger charge is -2.09. The fraction of sp³-hybridized carbons (Fsp3) is 0.0385. The topological polar surface area (TPSA) is 77.0 Å². The van der Waals surface area contributed by atoms with Crippen LogP contribution in [0, 0.1) is 0 Å². The maximum Gasteiger partial charge on any atom is 0.345 e. The van der Waals surface area contributed by atoms with E-state index in [0.717, 1.165) is 15.2 Å². The molecule has 1 N–H and O–H groups in total. The first kappa shape index (κ1) is 24.7. The smallest absolute Gasteiger partial charge is 0.345 e. The van der Waals surface area contributed by atoms with Crippen LogP contribution in [0.2, 0.25) is 10.0 Å². The van der Waals surface area contributed by atoms with E-state index in [2.05, 4.69) is 26.5 Å². The van der Waals surface area contributed by atoms with E-state index in [0.29, 0.717) is 22.1 Å². The van der Waals surface area contributed by atoms with Crippen LogP contribution < -0.4 is 14.9 Å². The predicted octanol–water partition coefficient (Wildman–Crippen LogP) is 6.66. The van der Waals surface area contributed by atoms with Gasteiger partial charge in [-0.05, 0) is 68.7 Å². The second-order valence-electron chi connectivity index (χ2n) is 7.27. The molecule has 6 nitrogen and oxygen atoms in total. The molecule has 0 aliphatic rings. The lowest BCUT2D eigenvalue weighted by Crippen LogP contribution is -2.24. The maximum atomic E-state index is 12.4. The summed E-state index contributed by atoms with van der Waals surface area (Å²) in [6.45, 7) is -0.214. The summed E-state index contributed by atoms with van der Waals surface area (Å²) in [6.07, 6.45) is 1.43. The summed E-state index contributed by atoms with van der Waals surface area (Å²) in [5.41, 5.74) is 3.21. The maximum absolute atomic E-state index is 12.4. The molecule has 176 valence electrons. The highest BCUT2D eigenvalue weighted by atomic mass is 79.9. The van der Waals surface area contributed by atoms with Gasteiger partial charge in [0.25, 0.3) is 5.91 Å². The summed E-state index contributed by atoms with van der Waals surface area (Å²) in [5, 5.41) is 6.60. The van der Waals surface area contributed by atoms with Crippen molar-refractivity contribution in [3.63, 3.8) is 0 Å². The number of benzene rings is 4. The summed E-state index contributed by atoms with van der Waals surface area (Å²) >= 11 is 15.4. The number of nitrogens with zero attached hydrogens (tertiary/aromatic N) is 1. The Morgan fingerprint density at radius 3 is 2.63 bits per heavy atom. The number of fused-ring (bicyclic) bond motifs is 1. The largest absolute Gasteiger partial charge is 0.483 e. The molecule has 9 heteroatoms. The molecule has 0 saturated carbocycles. The van der Waals surface area contributed by atoms with Crippen molar-refractivity contribution in [2.75, 3.05) is 6.61 Å². The van der Waals surface area contributed by atoms with Crippen molar-refractivity contribution in [1.29, 1.82) is 0 Å². The molecule has 0 unspecified atom stereocenters. The molecular formula is C26H17BrCl2N2O4. The van der Waals surface area contributed by atoms with Crippen LogP contribution in [-0.4, -0.2) is 24.7 Å². The molecule has 0 aliphatic heterocycles. The van der Waals surface area contributed by atoms with Gasteiger partial charge in [0.15, 0.2) is 6.61 Å². The number of amides is 1. The number of hydrazone groups is 1. The second kappa shape index (κ2) is 11.4. The van der Waals surface area contributed by atoms with E-state index in [1.54, 1.807) is 36.4 Å². The van der Waals surface area contributed by atoms with Crippen LogP contribution in [0.5, 0.6) is 11.5 Å². The first-order valence-corrected chi connectivity index (χ1v) is 11.8. The Labute approximate surface area is 219 Å². The lowest BCUT2D eigenvalue weighted by atomic mass is 10.1. The highest BCUT2D eigenvalue weighted by Gasteiger charge is 2.13. The van der Waals surface area contributed by atoms with Crippen LogP contribution >= 0.6 is 39.1 Å². The Balaban J connectivity index is 1.32. The molecule has 35 heavy (non-hydrogen) atoms. The third-order valence-electron chi connectivity index (χ3n) is 4.81. The zero-order valence-electron chi connectivity index (χ0n) is 18.0.